The highest BCUT2D eigenvalue weighted by atomic mass is 32.1. The monoisotopic (exact) mass is 273 g/mol. The zero-order valence-electron chi connectivity index (χ0n) is 10.7. The van der Waals surface area contributed by atoms with E-state index in [1.807, 2.05) is 31.2 Å². The van der Waals surface area contributed by atoms with Crippen LogP contribution < -0.4 is 5.73 Å². The van der Waals surface area contributed by atoms with Gasteiger partial charge in [-0.25, -0.2) is 0 Å². The maximum absolute atomic E-state index is 12.3. The molecule has 98 valence electrons. The van der Waals surface area contributed by atoms with E-state index in [-0.39, 0.29) is 5.91 Å². The summed E-state index contributed by atoms with van der Waals surface area (Å²) >= 11 is 1.46. The fraction of sp³-hybridized carbons (Fsp3) is 0.286. The van der Waals surface area contributed by atoms with Crippen molar-refractivity contribution in [3.05, 3.63) is 29.1 Å². The average Bonchev–Trinajstić information content (AvgIpc) is 2.82. The summed E-state index contributed by atoms with van der Waals surface area (Å²) in [6.45, 7) is 3.00. The summed E-state index contributed by atoms with van der Waals surface area (Å²) in [7, 11) is 0. The van der Waals surface area contributed by atoms with Gasteiger partial charge >= 0.3 is 0 Å². The van der Waals surface area contributed by atoms with Crippen LogP contribution in [0.1, 0.15) is 23.0 Å². The minimum Gasteiger partial charge on any atom is -0.399 e. The number of hydrogen-bond acceptors (Lipinski definition) is 4. The van der Waals surface area contributed by atoms with Gasteiger partial charge in [-0.1, -0.05) is 0 Å². The molecule has 0 aliphatic heterocycles. The number of anilines is 1. The van der Waals surface area contributed by atoms with Gasteiger partial charge in [-0.3, -0.25) is 4.79 Å². The zero-order chi connectivity index (χ0) is 13.8. The predicted molar refractivity (Wildman–Crippen MR) is 78.0 cm³/mol. The van der Waals surface area contributed by atoms with Crippen molar-refractivity contribution in [3.63, 3.8) is 0 Å². The molecular formula is C14H15N3OS. The number of carbonyl (C=O) groups is 1. The molecule has 2 N–H and O–H groups in total. The molecule has 0 saturated heterocycles. The topological polar surface area (TPSA) is 70.1 Å². The highest BCUT2D eigenvalue weighted by molar-refractivity contribution is 7.20. The Balaban J connectivity index is 2.27. The number of carbonyl (C=O) groups excluding carboxylic acids is 1. The maximum Gasteiger partial charge on any atom is 0.263 e. The molecule has 0 atom stereocenters. The van der Waals surface area contributed by atoms with Gasteiger partial charge in [-0.05, 0) is 36.6 Å². The molecule has 0 aliphatic rings. The van der Waals surface area contributed by atoms with Gasteiger partial charge in [0.1, 0.15) is 0 Å². The third-order valence-corrected chi connectivity index (χ3v) is 4.02. The first-order valence-corrected chi connectivity index (χ1v) is 6.92. The van der Waals surface area contributed by atoms with Gasteiger partial charge in [-0.2, -0.15) is 5.26 Å². The van der Waals surface area contributed by atoms with Crippen molar-refractivity contribution in [2.45, 2.75) is 13.3 Å². The molecule has 0 radical (unpaired) electrons. The van der Waals surface area contributed by atoms with E-state index in [0.717, 1.165) is 10.1 Å². The number of hydrogen-bond donors (Lipinski definition) is 1. The van der Waals surface area contributed by atoms with Gasteiger partial charge in [0.25, 0.3) is 5.91 Å². The second kappa shape index (κ2) is 5.72. The third-order valence-electron chi connectivity index (χ3n) is 2.91. The Morgan fingerprint density at radius 3 is 2.95 bits per heavy atom. The quantitative estimate of drug-likeness (QED) is 0.871. The Bertz CT molecular complexity index is 642. The number of amides is 1. The van der Waals surface area contributed by atoms with E-state index >= 15 is 0 Å². The molecule has 1 amide bonds. The molecule has 2 aromatic rings. The van der Waals surface area contributed by atoms with Crippen molar-refractivity contribution in [2.24, 2.45) is 0 Å². The second-order valence-electron chi connectivity index (χ2n) is 4.20. The van der Waals surface area contributed by atoms with Crippen LogP contribution in [-0.2, 0) is 0 Å². The minimum atomic E-state index is -0.0162. The van der Waals surface area contributed by atoms with Crippen LogP contribution in [0, 0.1) is 11.3 Å². The average molecular weight is 273 g/mol. The van der Waals surface area contributed by atoms with E-state index in [1.54, 1.807) is 4.90 Å². The van der Waals surface area contributed by atoms with E-state index in [0.29, 0.717) is 30.1 Å². The summed E-state index contributed by atoms with van der Waals surface area (Å²) in [6.07, 6.45) is 0.359. The summed E-state index contributed by atoms with van der Waals surface area (Å²) in [6, 6.07) is 9.57. The molecule has 2 rings (SSSR count). The Morgan fingerprint density at radius 1 is 1.47 bits per heavy atom. The number of nitrogen functional groups attached to an aromatic ring is 1. The van der Waals surface area contributed by atoms with E-state index in [1.165, 1.54) is 11.3 Å². The smallest absolute Gasteiger partial charge is 0.263 e. The molecule has 0 unspecified atom stereocenters. The van der Waals surface area contributed by atoms with Crippen LogP contribution in [0.25, 0.3) is 10.1 Å². The maximum atomic E-state index is 12.3. The van der Waals surface area contributed by atoms with Gasteiger partial charge < -0.3 is 10.6 Å². The van der Waals surface area contributed by atoms with Gasteiger partial charge in [0.15, 0.2) is 0 Å². The zero-order valence-corrected chi connectivity index (χ0v) is 11.5. The summed E-state index contributed by atoms with van der Waals surface area (Å²) in [5, 5.41) is 9.60. The number of nitrogens with two attached hydrogens (primary N) is 1. The minimum absolute atomic E-state index is 0.0162. The molecule has 1 aromatic heterocycles. The number of rotatable bonds is 4. The molecule has 4 nitrogen and oxygen atoms in total. The number of fused-ring (bicyclic) bond motifs is 1. The van der Waals surface area contributed by atoms with Crippen molar-refractivity contribution in [2.75, 3.05) is 18.8 Å². The predicted octanol–water partition coefficient (Wildman–Crippen LogP) is 2.86. The van der Waals surface area contributed by atoms with Gasteiger partial charge in [-0.15, -0.1) is 11.3 Å². The van der Waals surface area contributed by atoms with Crippen molar-refractivity contribution in [1.82, 2.24) is 4.90 Å². The first-order valence-electron chi connectivity index (χ1n) is 6.11. The van der Waals surface area contributed by atoms with Crippen LogP contribution in [0.15, 0.2) is 24.3 Å². The number of thiophene rings is 1. The first kappa shape index (κ1) is 13.4. The second-order valence-corrected chi connectivity index (χ2v) is 5.28. The van der Waals surface area contributed by atoms with Crippen molar-refractivity contribution < 1.29 is 4.79 Å². The van der Waals surface area contributed by atoms with Gasteiger partial charge in [0.2, 0.25) is 0 Å². The Morgan fingerprint density at radius 2 is 2.26 bits per heavy atom. The summed E-state index contributed by atoms with van der Waals surface area (Å²) in [5.74, 6) is -0.0162. The third kappa shape index (κ3) is 2.85. The lowest BCUT2D eigenvalue weighted by Gasteiger charge is -2.18. The number of benzene rings is 1. The van der Waals surface area contributed by atoms with E-state index in [9.17, 15) is 4.79 Å². The highest BCUT2D eigenvalue weighted by Gasteiger charge is 2.16. The Kier molecular flexibility index (Phi) is 4.03. The SMILES string of the molecule is CCN(CCC#N)C(=O)c1cc2cc(N)ccc2s1. The molecule has 0 aliphatic carbocycles. The molecule has 0 fully saturated rings. The molecule has 0 bridgehead atoms. The van der Waals surface area contributed by atoms with Crippen LogP contribution in [-0.4, -0.2) is 23.9 Å². The van der Waals surface area contributed by atoms with Gasteiger partial charge in [0.05, 0.1) is 17.4 Å². The summed E-state index contributed by atoms with van der Waals surface area (Å²) in [4.78, 5) is 14.7. The highest BCUT2D eigenvalue weighted by Crippen LogP contribution is 2.28. The standard InChI is InChI=1S/C14H15N3OS/c1-2-17(7-3-6-15)14(18)13-9-10-8-11(16)4-5-12(10)19-13/h4-5,8-9H,2-3,7,16H2,1H3. The Hall–Kier alpha value is -2.06. The fourth-order valence-corrected chi connectivity index (χ4v) is 2.92. The largest absolute Gasteiger partial charge is 0.399 e. The van der Waals surface area contributed by atoms with E-state index < -0.39 is 0 Å². The van der Waals surface area contributed by atoms with E-state index in [4.69, 9.17) is 11.0 Å². The molecule has 0 spiro atoms. The van der Waals surface area contributed by atoms with Crippen LogP contribution in [0.5, 0.6) is 0 Å². The lowest BCUT2D eigenvalue weighted by molar-refractivity contribution is 0.0772. The number of nitrogens with zero attached hydrogens (tertiary/aromatic N) is 2. The van der Waals surface area contributed by atoms with Crippen LogP contribution in [0.4, 0.5) is 5.69 Å². The normalized spacial score (nSPS) is 10.3. The van der Waals surface area contributed by atoms with Crippen molar-refractivity contribution in [1.29, 1.82) is 5.26 Å². The molecule has 0 saturated carbocycles. The lowest BCUT2D eigenvalue weighted by Crippen LogP contribution is -2.31. The summed E-state index contributed by atoms with van der Waals surface area (Å²) < 4.78 is 1.05. The summed E-state index contributed by atoms with van der Waals surface area (Å²) in [5.41, 5.74) is 6.43. The van der Waals surface area contributed by atoms with Crippen LogP contribution in [0.3, 0.4) is 0 Å². The molecule has 19 heavy (non-hydrogen) atoms. The first-order chi connectivity index (χ1) is 9.15. The van der Waals surface area contributed by atoms with E-state index in [2.05, 4.69) is 6.07 Å². The van der Waals surface area contributed by atoms with Crippen LogP contribution >= 0.6 is 11.3 Å². The molecule has 5 heteroatoms. The molecular weight excluding hydrogens is 258 g/mol. The number of nitriles is 1. The molecule has 1 heterocycles. The Labute approximate surface area is 116 Å². The van der Waals surface area contributed by atoms with Crippen LogP contribution in [0.2, 0.25) is 0 Å². The fourth-order valence-electron chi connectivity index (χ4n) is 1.91. The van der Waals surface area contributed by atoms with Crippen molar-refractivity contribution in [3.8, 4) is 6.07 Å². The molecule has 1 aromatic carbocycles. The van der Waals surface area contributed by atoms with Crippen molar-refractivity contribution >= 4 is 33.0 Å². The van der Waals surface area contributed by atoms with Gasteiger partial charge in [0, 0.05) is 23.5 Å². The lowest BCUT2D eigenvalue weighted by atomic mass is 10.2.